The number of halogens is 1. The summed E-state index contributed by atoms with van der Waals surface area (Å²) in [4.78, 5) is 25.0. The number of amides is 2. The van der Waals surface area contributed by atoms with Gasteiger partial charge in [-0.05, 0) is 42.8 Å². The van der Waals surface area contributed by atoms with Crippen molar-refractivity contribution in [2.24, 2.45) is 0 Å². The zero-order chi connectivity index (χ0) is 20.6. The summed E-state index contributed by atoms with van der Waals surface area (Å²) >= 11 is 6.20. The largest absolute Gasteiger partial charge is 0.324 e. The van der Waals surface area contributed by atoms with Crippen LogP contribution in [0.3, 0.4) is 0 Å². The van der Waals surface area contributed by atoms with Crippen LogP contribution in [0.4, 0.5) is 11.4 Å². The first-order valence-corrected chi connectivity index (χ1v) is 9.65. The Kier molecular flexibility index (Phi) is 7.00. The van der Waals surface area contributed by atoms with Gasteiger partial charge in [-0.2, -0.15) is 0 Å². The molecule has 3 rings (SSSR count). The number of anilines is 2. The first kappa shape index (κ1) is 20.6. The number of carbonyl (C=O) groups is 2. The van der Waals surface area contributed by atoms with Gasteiger partial charge in [0.05, 0.1) is 17.8 Å². The van der Waals surface area contributed by atoms with Gasteiger partial charge in [0.25, 0.3) is 5.91 Å². The van der Waals surface area contributed by atoms with Gasteiger partial charge in [0, 0.05) is 16.8 Å². The molecule has 0 aromatic heterocycles. The fraction of sp³-hybridized carbons (Fsp3) is 0.130. The highest BCUT2D eigenvalue weighted by Crippen LogP contribution is 2.22. The minimum Gasteiger partial charge on any atom is -0.324 e. The van der Waals surface area contributed by atoms with E-state index in [4.69, 9.17) is 11.6 Å². The van der Waals surface area contributed by atoms with Crippen molar-refractivity contribution in [1.29, 1.82) is 0 Å². The lowest BCUT2D eigenvalue weighted by atomic mass is 10.1. The molecule has 0 fully saturated rings. The van der Waals surface area contributed by atoms with E-state index in [-0.39, 0.29) is 24.4 Å². The van der Waals surface area contributed by atoms with Crippen molar-refractivity contribution in [1.82, 2.24) is 5.32 Å². The summed E-state index contributed by atoms with van der Waals surface area (Å²) in [5.41, 5.74) is 2.46. The predicted octanol–water partition coefficient (Wildman–Crippen LogP) is 4.88. The van der Waals surface area contributed by atoms with Gasteiger partial charge in [0.15, 0.2) is 0 Å². The van der Waals surface area contributed by atoms with Crippen LogP contribution in [-0.2, 0) is 4.79 Å². The molecular formula is C23H22ClN3O2. The molecule has 6 heteroatoms. The normalized spacial score (nSPS) is 11.5. The van der Waals surface area contributed by atoms with E-state index in [2.05, 4.69) is 16.0 Å². The molecule has 0 aliphatic heterocycles. The van der Waals surface area contributed by atoms with E-state index in [1.165, 1.54) is 0 Å². The molecular weight excluding hydrogens is 386 g/mol. The molecule has 0 bridgehead atoms. The number of benzene rings is 3. The molecule has 0 aliphatic rings. The van der Waals surface area contributed by atoms with Crippen molar-refractivity contribution < 1.29 is 9.59 Å². The molecule has 0 aliphatic carbocycles. The molecule has 0 saturated carbocycles. The van der Waals surface area contributed by atoms with E-state index in [0.29, 0.717) is 22.0 Å². The molecule has 0 radical (unpaired) electrons. The van der Waals surface area contributed by atoms with Crippen molar-refractivity contribution in [3.63, 3.8) is 0 Å². The molecule has 1 unspecified atom stereocenters. The molecule has 2 amide bonds. The van der Waals surface area contributed by atoms with Crippen LogP contribution in [0.5, 0.6) is 0 Å². The Hall–Kier alpha value is -3.15. The van der Waals surface area contributed by atoms with Gasteiger partial charge in [0.1, 0.15) is 0 Å². The summed E-state index contributed by atoms with van der Waals surface area (Å²) in [7, 11) is 0. The second-order valence-electron chi connectivity index (χ2n) is 6.54. The maximum atomic E-state index is 12.6. The Morgan fingerprint density at radius 2 is 1.52 bits per heavy atom. The lowest BCUT2D eigenvalue weighted by Crippen LogP contribution is -2.30. The lowest BCUT2D eigenvalue weighted by molar-refractivity contribution is -0.115. The first-order chi connectivity index (χ1) is 14.0. The summed E-state index contributed by atoms with van der Waals surface area (Å²) in [5, 5.41) is 9.43. The number of carbonyl (C=O) groups excluding carboxylic acids is 2. The molecule has 3 aromatic rings. The van der Waals surface area contributed by atoms with Crippen LogP contribution in [0.2, 0.25) is 5.02 Å². The number of hydrogen-bond donors (Lipinski definition) is 3. The Labute approximate surface area is 175 Å². The summed E-state index contributed by atoms with van der Waals surface area (Å²) in [6.45, 7) is 2.02. The minimum absolute atomic E-state index is 0.0844. The third-order valence-electron chi connectivity index (χ3n) is 4.42. The van der Waals surface area contributed by atoms with E-state index in [9.17, 15) is 9.59 Å². The molecule has 3 aromatic carbocycles. The maximum Gasteiger partial charge on any atom is 0.257 e. The maximum absolute atomic E-state index is 12.6. The minimum atomic E-state index is -0.288. The van der Waals surface area contributed by atoms with E-state index < -0.39 is 0 Å². The van der Waals surface area contributed by atoms with Gasteiger partial charge in [-0.1, -0.05) is 60.1 Å². The van der Waals surface area contributed by atoms with Gasteiger partial charge < -0.3 is 16.0 Å². The topological polar surface area (TPSA) is 70.2 Å². The van der Waals surface area contributed by atoms with Crippen LogP contribution in [0, 0.1) is 0 Å². The Bertz CT molecular complexity index is 992. The Balaban J connectivity index is 1.62. The van der Waals surface area contributed by atoms with Crippen LogP contribution in [0.15, 0.2) is 78.9 Å². The summed E-state index contributed by atoms with van der Waals surface area (Å²) < 4.78 is 0. The van der Waals surface area contributed by atoms with E-state index in [1.807, 2.05) is 49.4 Å². The van der Waals surface area contributed by atoms with Crippen molar-refractivity contribution in [3.8, 4) is 0 Å². The summed E-state index contributed by atoms with van der Waals surface area (Å²) in [6, 6.07) is 23.5. The molecule has 0 spiro atoms. The van der Waals surface area contributed by atoms with E-state index in [0.717, 1.165) is 5.56 Å². The zero-order valence-corrected chi connectivity index (χ0v) is 16.7. The quantitative estimate of drug-likeness (QED) is 0.522. The summed E-state index contributed by atoms with van der Waals surface area (Å²) in [5.74, 6) is -0.534. The van der Waals surface area contributed by atoms with Crippen molar-refractivity contribution >= 4 is 34.8 Å². The van der Waals surface area contributed by atoms with Crippen LogP contribution in [0.1, 0.15) is 28.9 Å². The van der Waals surface area contributed by atoms with Gasteiger partial charge in [-0.15, -0.1) is 0 Å². The highest BCUT2D eigenvalue weighted by molar-refractivity contribution is 6.31. The zero-order valence-electron chi connectivity index (χ0n) is 16.0. The molecule has 148 valence electrons. The standard InChI is InChI=1S/C23H22ClN3O2/c1-16(18-11-5-7-13-20(18)24)25-15-22(28)27-21-14-8-6-12-19(21)23(29)26-17-9-3-2-4-10-17/h2-14,16,25H,15H2,1H3,(H,26,29)(H,27,28). The molecule has 29 heavy (non-hydrogen) atoms. The molecule has 3 N–H and O–H groups in total. The lowest BCUT2D eigenvalue weighted by Gasteiger charge is -2.16. The number of hydrogen-bond acceptors (Lipinski definition) is 3. The SMILES string of the molecule is CC(NCC(=O)Nc1ccccc1C(=O)Nc1ccccc1)c1ccccc1Cl. The molecule has 1 atom stereocenters. The molecule has 0 heterocycles. The fourth-order valence-electron chi connectivity index (χ4n) is 2.89. The van der Waals surface area contributed by atoms with Crippen LogP contribution in [0.25, 0.3) is 0 Å². The van der Waals surface area contributed by atoms with E-state index in [1.54, 1.807) is 36.4 Å². The Morgan fingerprint density at radius 3 is 2.28 bits per heavy atom. The Morgan fingerprint density at radius 1 is 0.862 bits per heavy atom. The third-order valence-corrected chi connectivity index (χ3v) is 4.76. The predicted molar refractivity (Wildman–Crippen MR) is 117 cm³/mol. The average Bonchev–Trinajstić information content (AvgIpc) is 2.73. The highest BCUT2D eigenvalue weighted by Gasteiger charge is 2.15. The number of para-hydroxylation sites is 2. The van der Waals surface area contributed by atoms with Crippen LogP contribution in [-0.4, -0.2) is 18.4 Å². The van der Waals surface area contributed by atoms with Gasteiger partial charge >= 0.3 is 0 Å². The van der Waals surface area contributed by atoms with Crippen molar-refractivity contribution in [2.75, 3.05) is 17.2 Å². The first-order valence-electron chi connectivity index (χ1n) is 9.27. The summed E-state index contributed by atoms with van der Waals surface area (Å²) in [6.07, 6.45) is 0. The number of rotatable bonds is 7. The molecule has 5 nitrogen and oxygen atoms in total. The monoisotopic (exact) mass is 407 g/mol. The molecule has 0 saturated heterocycles. The second kappa shape index (κ2) is 9.87. The van der Waals surface area contributed by atoms with Crippen molar-refractivity contribution in [3.05, 3.63) is 95.0 Å². The second-order valence-corrected chi connectivity index (χ2v) is 6.95. The van der Waals surface area contributed by atoms with Gasteiger partial charge in [-0.3, -0.25) is 9.59 Å². The van der Waals surface area contributed by atoms with Gasteiger partial charge in [-0.25, -0.2) is 0 Å². The highest BCUT2D eigenvalue weighted by atomic mass is 35.5. The van der Waals surface area contributed by atoms with Crippen LogP contribution < -0.4 is 16.0 Å². The van der Waals surface area contributed by atoms with Crippen LogP contribution >= 0.6 is 11.6 Å². The third kappa shape index (κ3) is 5.67. The number of nitrogens with one attached hydrogen (secondary N) is 3. The van der Waals surface area contributed by atoms with E-state index >= 15 is 0 Å². The van der Waals surface area contributed by atoms with Crippen molar-refractivity contribution in [2.45, 2.75) is 13.0 Å². The van der Waals surface area contributed by atoms with Gasteiger partial charge in [0.2, 0.25) is 5.91 Å². The smallest absolute Gasteiger partial charge is 0.257 e. The average molecular weight is 408 g/mol. The fourth-order valence-corrected chi connectivity index (χ4v) is 3.19.